The highest BCUT2D eigenvalue weighted by Crippen LogP contribution is 2.29. The van der Waals surface area contributed by atoms with Gasteiger partial charge in [-0.15, -0.1) is 11.3 Å². The Bertz CT molecular complexity index is 383. The predicted molar refractivity (Wildman–Crippen MR) is 77.1 cm³/mol. The molecule has 0 radical (unpaired) electrons. The molecule has 0 aliphatic carbocycles. The fraction of sp³-hybridized carbons (Fsp3) is 0.714. The van der Waals surface area contributed by atoms with E-state index in [1.807, 2.05) is 11.3 Å². The predicted octanol–water partition coefficient (Wildman–Crippen LogP) is 1.72. The van der Waals surface area contributed by atoms with E-state index in [0.717, 1.165) is 26.2 Å². The molecule has 0 amide bonds. The third-order valence-electron chi connectivity index (χ3n) is 3.41. The third-order valence-corrected chi connectivity index (χ3v) is 4.92. The van der Waals surface area contributed by atoms with Crippen molar-refractivity contribution in [2.75, 3.05) is 19.6 Å². The van der Waals surface area contributed by atoms with E-state index in [1.54, 1.807) is 0 Å². The van der Waals surface area contributed by atoms with Gasteiger partial charge in [-0.05, 0) is 17.5 Å². The van der Waals surface area contributed by atoms with E-state index in [0.29, 0.717) is 5.92 Å². The van der Waals surface area contributed by atoms with Gasteiger partial charge in [0.05, 0.1) is 6.10 Å². The minimum atomic E-state index is -0.189. The Morgan fingerprint density at radius 2 is 2.17 bits per heavy atom. The van der Waals surface area contributed by atoms with E-state index in [2.05, 4.69) is 43.5 Å². The Morgan fingerprint density at radius 3 is 2.72 bits per heavy atom. The Labute approximate surface area is 114 Å². The highest BCUT2D eigenvalue weighted by molar-refractivity contribution is 7.12. The molecule has 3 nitrogen and oxygen atoms in total. The Morgan fingerprint density at radius 1 is 1.39 bits per heavy atom. The topological polar surface area (TPSA) is 44.3 Å². The SMILES string of the molecule is CC(C)(C)c1ccc(CNCC2CNCC2O)s1. The molecule has 102 valence electrons. The molecule has 1 fully saturated rings. The van der Waals surface area contributed by atoms with Crippen molar-refractivity contribution in [3.63, 3.8) is 0 Å². The molecular formula is C14H24N2OS. The smallest absolute Gasteiger partial charge is 0.0716 e. The number of β-amino-alcohol motifs (C(OH)–C–C–N with tert-alkyl or cyclic N) is 1. The summed E-state index contributed by atoms with van der Waals surface area (Å²) in [6, 6.07) is 4.44. The maximum atomic E-state index is 9.70. The summed E-state index contributed by atoms with van der Waals surface area (Å²) in [6.45, 7) is 10.2. The van der Waals surface area contributed by atoms with Crippen LogP contribution in [0.1, 0.15) is 30.5 Å². The zero-order valence-corrected chi connectivity index (χ0v) is 12.3. The van der Waals surface area contributed by atoms with Crippen molar-refractivity contribution in [2.24, 2.45) is 5.92 Å². The zero-order valence-electron chi connectivity index (χ0n) is 11.5. The minimum Gasteiger partial charge on any atom is -0.391 e. The summed E-state index contributed by atoms with van der Waals surface area (Å²) in [5, 5.41) is 16.4. The van der Waals surface area contributed by atoms with Crippen LogP contribution in [0.4, 0.5) is 0 Å². The summed E-state index contributed by atoms with van der Waals surface area (Å²) in [7, 11) is 0. The molecule has 0 saturated carbocycles. The molecule has 2 atom stereocenters. The molecule has 1 aromatic rings. The van der Waals surface area contributed by atoms with Crippen molar-refractivity contribution in [1.29, 1.82) is 0 Å². The maximum absolute atomic E-state index is 9.70. The average molecular weight is 268 g/mol. The molecule has 0 spiro atoms. The molecule has 2 unspecified atom stereocenters. The second-order valence-electron chi connectivity index (χ2n) is 6.13. The van der Waals surface area contributed by atoms with E-state index < -0.39 is 0 Å². The second-order valence-corrected chi connectivity index (χ2v) is 7.30. The van der Waals surface area contributed by atoms with Crippen LogP contribution in [-0.4, -0.2) is 30.8 Å². The van der Waals surface area contributed by atoms with Gasteiger partial charge >= 0.3 is 0 Å². The van der Waals surface area contributed by atoms with Gasteiger partial charge in [0.1, 0.15) is 0 Å². The van der Waals surface area contributed by atoms with E-state index in [1.165, 1.54) is 9.75 Å². The quantitative estimate of drug-likeness (QED) is 0.779. The van der Waals surface area contributed by atoms with Gasteiger partial charge in [0.2, 0.25) is 0 Å². The number of hydrogen-bond donors (Lipinski definition) is 3. The van der Waals surface area contributed by atoms with Crippen LogP contribution in [-0.2, 0) is 12.0 Å². The van der Waals surface area contributed by atoms with E-state index in [-0.39, 0.29) is 11.5 Å². The lowest BCUT2D eigenvalue weighted by molar-refractivity contribution is 0.146. The van der Waals surface area contributed by atoms with Crippen molar-refractivity contribution in [1.82, 2.24) is 10.6 Å². The molecular weight excluding hydrogens is 244 g/mol. The average Bonchev–Trinajstić information content (AvgIpc) is 2.88. The first-order valence-corrected chi connectivity index (χ1v) is 7.47. The number of aliphatic hydroxyl groups excluding tert-OH is 1. The van der Waals surface area contributed by atoms with Crippen LogP contribution in [0.2, 0.25) is 0 Å². The first kappa shape index (κ1) is 14.0. The van der Waals surface area contributed by atoms with Gasteiger partial charge in [-0.3, -0.25) is 0 Å². The van der Waals surface area contributed by atoms with E-state index in [4.69, 9.17) is 0 Å². The van der Waals surface area contributed by atoms with Crippen LogP contribution in [0, 0.1) is 5.92 Å². The number of hydrogen-bond acceptors (Lipinski definition) is 4. The fourth-order valence-corrected chi connectivity index (χ4v) is 3.22. The third kappa shape index (κ3) is 3.54. The van der Waals surface area contributed by atoms with Crippen LogP contribution >= 0.6 is 11.3 Å². The number of aliphatic hydroxyl groups is 1. The van der Waals surface area contributed by atoms with Crippen LogP contribution in [0.25, 0.3) is 0 Å². The molecule has 4 heteroatoms. The highest BCUT2D eigenvalue weighted by Gasteiger charge is 2.24. The summed E-state index contributed by atoms with van der Waals surface area (Å²) in [5.74, 6) is 0.354. The molecule has 2 heterocycles. The van der Waals surface area contributed by atoms with Gasteiger partial charge in [0.15, 0.2) is 0 Å². The lowest BCUT2D eigenvalue weighted by Gasteiger charge is -2.15. The molecule has 3 N–H and O–H groups in total. The Kier molecular flexibility index (Phi) is 4.43. The standard InChI is InChI=1S/C14H24N2OS/c1-14(2,3)13-5-4-11(18-13)8-15-6-10-7-16-9-12(10)17/h4-5,10,12,15-17H,6-9H2,1-3H3. The molecule has 0 aromatic carbocycles. The lowest BCUT2D eigenvalue weighted by atomic mass is 9.95. The second kappa shape index (κ2) is 5.70. The highest BCUT2D eigenvalue weighted by atomic mass is 32.1. The van der Waals surface area contributed by atoms with Gasteiger partial charge in [-0.25, -0.2) is 0 Å². The van der Waals surface area contributed by atoms with Crippen LogP contribution in [0.15, 0.2) is 12.1 Å². The molecule has 2 rings (SSSR count). The van der Waals surface area contributed by atoms with Gasteiger partial charge in [0, 0.05) is 41.9 Å². The first-order chi connectivity index (χ1) is 8.47. The number of nitrogens with one attached hydrogen (secondary N) is 2. The minimum absolute atomic E-state index is 0.189. The van der Waals surface area contributed by atoms with Crippen molar-refractivity contribution >= 4 is 11.3 Å². The molecule has 1 aromatic heterocycles. The number of thiophene rings is 1. The normalized spacial score (nSPS) is 24.7. The fourth-order valence-electron chi connectivity index (χ4n) is 2.18. The summed E-state index contributed by atoms with van der Waals surface area (Å²) in [5.41, 5.74) is 0.245. The molecule has 0 bridgehead atoms. The monoisotopic (exact) mass is 268 g/mol. The zero-order chi connectivity index (χ0) is 13.2. The number of rotatable bonds is 4. The van der Waals surface area contributed by atoms with Gasteiger partial charge < -0.3 is 15.7 Å². The van der Waals surface area contributed by atoms with Crippen LogP contribution in [0.5, 0.6) is 0 Å². The summed E-state index contributed by atoms with van der Waals surface area (Å²) >= 11 is 1.88. The van der Waals surface area contributed by atoms with Crippen LogP contribution < -0.4 is 10.6 Å². The van der Waals surface area contributed by atoms with Gasteiger partial charge in [0.25, 0.3) is 0 Å². The molecule has 1 aliphatic rings. The molecule has 1 saturated heterocycles. The Balaban J connectivity index is 1.78. The van der Waals surface area contributed by atoms with Crippen molar-refractivity contribution < 1.29 is 5.11 Å². The first-order valence-electron chi connectivity index (χ1n) is 6.65. The van der Waals surface area contributed by atoms with E-state index >= 15 is 0 Å². The summed E-state index contributed by atoms with van der Waals surface area (Å²) in [4.78, 5) is 2.81. The van der Waals surface area contributed by atoms with Crippen LogP contribution in [0.3, 0.4) is 0 Å². The van der Waals surface area contributed by atoms with Gasteiger partial charge in [-0.2, -0.15) is 0 Å². The largest absolute Gasteiger partial charge is 0.391 e. The van der Waals surface area contributed by atoms with Crippen molar-refractivity contribution in [3.8, 4) is 0 Å². The van der Waals surface area contributed by atoms with Crippen molar-refractivity contribution in [2.45, 2.75) is 38.8 Å². The lowest BCUT2D eigenvalue weighted by Crippen LogP contribution is -2.29. The summed E-state index contributed by atoms with van der Waals surface area (Å²) < 4.78 is 0. The Hall–Kier alpha value is -0.420. The van der Waals surface area contributed by atoms with E-state index in [9.17, 15) is 5.11 Å². The summed E-state index contributed by atoms with van der Waals surface area (Å²) in [6.07, 6.45) is -0.189. The van der Waals surface area contributed by atoms with Gasteiger partial charge in [-0.1, -0.05) is 20.8 Å². The maximum Gasteiger partial charge on any atom is 0.0716 e. The molecule has 1 aliphatic heterocycles. The van der Waals surface area contributed by atoms with Crippen molar-refractivity contribution in [3.05, 3.63) is 21.9 Å². The molecule has 18 heavy (non-hydrogen) atoms.